The van der Waals surface area contributed by atoms with E-state index in [1.54, 1.807) is 7.11 Å². The number of nitrogens with zero attached hydrogens (tertiary/aromatic N) is 3. The molecular weight excluding hydrogens is 360 g/mol. The molecule has 1 N–H and O–H groups in total. The van der Waals surface area contributed by atoms with Crippen molar-refractivity contribution in [2.24, 2.45) is 7.05 Å². The molecule has 29 heavy (non-hydrogen) atoms. The molecule has 3 aromatic carbocycles. The Hall–Kier alpha value is -3.47. The van der Waals surface area contributed by atoms with Crippen molar-refractivity contribution in [1.29, 1.82) is 0 Å². The van der Waals surface area contributed by atoms with Crippen molar-refractivity contribution in [1.82, 2.24) is 14.1 Å². The molecule has 5 nitrogen and oxygen atoms in total. The first kappa shape index (κ1) is 17.6. The van der Waals surface area contributed by atoms with Crippen molar-refractivity contribution in [2.75, 3.05) is 12.4 Å². The number of aryl methyl sites for hydroxylation is 2. The number of hydrogen-bond acceptors (Lipinski definition) is 3. The van der Waals surface area contributed by atoms with E-state index in [0.717, 1.165) is 35.8 Å². The standard InChI is InChI=1S/C24H24N4O/c1-4-28-21-11-9-16(13-18(21)19-14-17(29-3)10-12-22(19)28)15-25-24-26-20-7-5-6-8-23(20)27(24)2/h5-14H,4,15H2,1-3H3,(H,25,26). The molecule has 0 atom stereocenters. The van der Waals surface area contributed by atoms with Gasteiger partial charge in [0, 0.05) is 41.9 Å². The van der Waals surface area contributed by atoms with E-state index < -0.39 is 0 Å². The predicted octanol–water partition coefficient (Wildman–Crippen LogP) is 5.32. The summed E-state index contributed by atoms with van der Waals surface area (Å²) in [6.45, 7) is 3.84. The summed E-state index contributed by atoms with van der Waals surface area (Å²) in [5.74, 6) is 1.76. The Morgan fingerprint density at radius 3 is 2.45 bits per heavy atom. The summed E-state index contributed by atoms with van der Waals surface area (Å²) >= 11 is 0. The SMILES string of the molecule is CCn1c2ccc(CNc3nc4ccccc4n3C)cc2c2cc(OC)ccc21. The van der Waals surface area contributed by atoms with Gasteiger partial charge in [-0.3, -0.25) is 0 Å². The molecule has 5 aromatic rings. The van der Waals surface area contributed by atoms with Crippen LogP contribution in [0.15, 0.2) is 60.7 Å². The van der Waals surface area contributed by atoms with E-state index >= 15 is 0 Å². The highest BCUT2D eigenvalue weighted by Crippen LogP contribution is 2.32. The first-order chi connectivity index (χ1) is 14.2. The molecule has 2 aromatic heterocycles. The van der Waals surface area contributed by atoms with Crippen molar-refractivity contribution < 1.29 is 4.74 Å². The minimum absolute atomic E-state index is 0.718. The highest BCUT2D eigenvalue weighted by molar-refractivity contribution is 6.08. The number of para-hydroxylation sites is 2. The maximum atomic E-state index is 5.46. The maximum Gasteiger partial charge on any atom is 0.203 e. The fraction of sp³-hybridized carbons (Fsp3) is 0.208. The van der Waals surface area contributed by atoms with Gasteiger partial charge in [0.2, 0.25) is 5.95 Å². The summed E-state index contributed by atoms with van der Waals surface area (Å²) in [4.78, 5) is 4.71. The third-order valence-corrected chi connectivity index (χ3v) is 5.69. The van der Waals surface area contributed by atoms with E-state index in [4.69, 9.17) is 9.72 Å². The lowest BCUT2D eigenvalue weighted by molar-refractivity contribution is 0.415. The maximum absolute atomic E-state index is 5.46. The number of imidazole rings is 1. The zero-order chi connectivity index (χ0) is 20.0. The number of hydrogen-bond donors (Lipinski definition) is 1. The molecule has 5 rings (SSSR count). The van der Waals surface area contributed by atoms with Gasteiger partial charge in [0.25, 0.3) is 0 Å². The van der Waals surface area contributed by atoms with Gasteiger partial charge in [-0.25, -0.2) is 4.98 Å². The first-order valence-corrected chi connectivity index (χ1v) is 9.94. The third kappa shape index (κ3) is 2.81. The van der Waals surface area contributed by atoms with Gasteiger partial charge in [-0.15, -0.1) is 0 Å². The van der Waals surface area contributed by atoms with Crippen molar-refractivity contribution >= 4 is 38.8 Å². The molecule has 5 heteroatoms. The van der Waals surface area contributed by atoms with Crippen LogP contribution < -0.4 is 10.1 Å². The number of benzene rings is 3. The molecular formula is C24H24N4O. The lowest BCUT2D eigenvalue weighted by Crippen LogP contribution is -2.05. The first-order valence-electron chi connectivity index (χ1n) is 9.94. The van der Waals surface area contributed by atoms with Gasteiger partial charge in [0.1, 0.15) is 5.75 Å². The largest absolute Gasteiger partial charge is 0.497 e. The lowest BCUT2D eigenvalue weighted by Gasteiger charge is -2.07. The van der Waals surface area contributed by atoms with E-state index in [2.05, 4.69) is 57.8 Å². The highest BCUT2D eigenvalue weighted by Gasteiger charge is 2.12. The molecule has 0 aliphatic heterocycles. The van der Waals surface area contributed by atoms with Crippen LogP contribution >= 0.6 is 0 Å². The molecule has 0 fully saturated rings. The van der Waals surface area contributed by atoms with E-state index in [0.29, 0.717) is 0 Å². The fourth-order valence-corrected chi connectivity index (χ4v) is 4.19. The number of methoxy groups -OCH3 is 1. The van der Waals surface area contributed by atoms with Crippen LogP contribution in [0.5, 0.6) is 5.75 Å². The predicted molar refractivity (Wildman–Crippen MR) is 120 cm³/mol. The normalized spacial score (nSPS) is 11.6. The number of anilines is 1. The van der Waals surface area contributed by atoms with Gasteiger partial charge in [0.15, 0.2) is 0 Å². The molecule has 0 aliphatic rings. The molecule has 0 aliphatic carbocycles. The van der Waals surface area contributed by atoms with Crippen LogP contribution in [0.2, 0.25) is 0 Å². The summed E-state index contributed by atoms with van der Waals surface area (Å²) in [5.41, 5.74) is 5.85. The van der Waals surface area contributed by atoms with Gasteiger partial charge in [-0.05, 0) is 55.0 Å². The number of aromatic nitrogens is 3. The minimum Gasteiger partial charge on any atom is -0.497 e. The zero-order valence-electron chi connectivity index (χ0n) is 16.9. The average Bonchev–Trinajstić information content (AvgIpc) is 3.25. The Balaban J connectivity index is 1.53. The summed E-state index contributed by atoms with van der Waals surface area (Å²) < 4.78 is 9.91. The molecule has 0 amide bonds. The second kappa shape index (κ2) is 6.85. The molecule has 0 bridgehead atoms. The van der Waals surface area contributed by atoms with Crippen LogP contribution in [0.25, 0.3) is 32.8 Å². The molecule has 146 valence electrons. The number of nitrogens with one attached hydrogen (secondary N) is 1. The van der Waals surface area contributed by atoms with Crippen molar-refractivity contribution in [3.05, 3.63) is 66.2 Å². The van der Waals surface area contributed by atoms with E-state index in [1.807, 2.05) is 31.3 Å². The summed E-state index contributed by atoms with van der Waals surface area (Å²) in [6.07, 6.45) is 0. The van der Waals surface area contributed by atoms with Crippen molar-refractivity contribution in [3.8, 4) is 5.75 Å². The van der Waals surface area contributed by atoms with E-state index in [9.17, 15) is 0 Å². The fourth-order valence-electron chi connectivity index (χ4n) is 4.19. The molecule has 0 saturated heterocycles. The van der Waals surface area contributed by atoms with E-state index in [-0.39, 0.29) is 0 Å². The Morgan fingerprint density at radius 1 is 0.931 bits per heavy atom. The van der Waals surface area contributed by atoms with E-state index in [1.165, 1.54) is 27.4 Å². The van der Waals surface area contributed by atoms with Crippen LogP contribution in [-0.4, -0.2) is 21.2 Å². The Morgan fingerprint density at radius 2 is 1.69 bits per heavy atom. The number of fused-ring (bicyclic) bond motifs is 4. The van der Waals surface area contributed by atoms with Gasteiger partial charge in [-0.2, -0.15) is 0 Å². The summed E-state index contributed by atoms with van der Waals surface area (Å²) in [6, 6.07) is 21.2. The monoisotopic (exact) mass is 384 g/mol. The minimum atomic E-state index is 0.718. The molecule has 0 saturated carbocycles. The number of rotatable bonds is 5. The molecule has 0 spiro atoms. The Labute approximate surface area is 169 Å². The summed E-state index contributed by atoms with van der Waals surface area (Å²) in [7, 11) is 3.76. The van der Waals surface area contributed by atoms with Gasteiger partial charge in [0.05, 0.1) is 18.1 Å². The third-order valence-electron chi connectivity index (χ3n) is 5.69. The molecule has 2 heterocycles. The average molecular weight is 384 g/mol. The molecule has 0 radical (unpaired) electrons. The van der Waals surface area contributed by atoms with Crippen molar-refractivity contribution in [2.45, 2.75) is 20.0 Å². The highest BCUT2D eigenvalue weighted by atomic mass is 16.5. The van der Waals surface area contributed by atoms with Crippen LogP contribution in [0, 0.1) is 0 Å². The van der Waals surface area contributed by atoms with Crippen molar-refractivity contribution in [3.63, 3.8) is 0 Å². The number of ether oxygens (including phenoxy) is 1. The second-order valence-electron chi connectivity index (χ2n) is 7.32. The Kier molecular flexibility index (Phi) is 4.16. The van der Waals surface area contributed by atoms with Gasteiger partial charge in [-0.1, -0.05) is 18.2 Å². The van der Waals surface area contributed by atoms with Gasteiger partial charge >= 0.3 is 0 Å². The quantitative estimate of drug-likeness (QED) is 0.446. The van der Waals surface area contributed by atoms with Crippen LogP contribution in [0.1, 0.15) is 12.5 Å². The van der Waals surface area contributed by atoms with Crippen LogP contribution in [-0.2, 0) is 20.1 Å². The second-order valence-corrected chi connectivity index (χ2v) is 7.32. The van der Waals surface area contributed by atoms with Crippen LogP contribution in [0.3, 0.4) is 0 Å². The van der Waals surface area contributed by atoms with Gasteiger partial charge < -0.3 is 19.2 Å². The summed E-state index contributed by atoms with van der Waals surface area (Å²) in [5, 5.41) is 5.98. The Bertz CT molecular complexity index is 1350. The lowest BCUT2D eigenvalue weighted by atomic mass is 10.1. The smallest absolute Gasteiger partial charge is 0.203 e. The zero-order valence-corrected chi connectivity index (χ0v) is 16.9. The molecule has 0 unspecified atom stereocenters. The van der Waals surface area contributed by atoms with Crippen LogP contribution in [0.4, 0.5) is 5.95 Å². The topological polar surface area (TPSA) is 44.0 Å².